The van der Waals surface area contributed by atoms with Crippen molar-refractivity contribution in [2.24, 2.45) is 0 Å². The zero-order valence-corrected chi connectivity index (χ0v) is 20.2. The largest absolute Gasteiger partial charge is 0.496 e. The molecule has 3 N–H and O–H groups in total. The van der Waals surface area contributed by atoms with Crippen LogP contribution in [0.15, 0.2) is 77.3 Å². The molecule has 0 atom stereocenters. The highest BCUT2D eigenvalue weighted by molar-refractivity contribution is 9.10. The van der Waals surface area contributed by atoms with E-state index in [2.05, 4.69) is 32.1 Å². The maximum absolute atomic E-state index is 12.7. The number of amides is 2. The highest BCUT2D eigenvalue weighted by atomic mass is 79.9. The van der Waals surface area contributed by atoms with E-state index in [9.17, 15) is 9.59 Å². The molecule has 2 amide bonds. The normalized spacial score (nSPS) is 10.1. The van der Waals surface area contributed by atoms with Gasteiger partial charge in [0.05, 0.1) is 23.8 Å². The van der Waals surface area contributed by atoms with Crippen LogP contribution >= 0.6 is 28.1 Å². The summed E-state index contributed by atoms with van der Waals surface area (Å²) in [6, 6.07) is 21.7. The van der Waals surface area contributed by atoms with E-state index >= 15 is 0 Å². The van der Waals surface area contributed by atoms with E-state index in [4.69, 9.17) is 21.7 Å². The molecule has 0 saturated carbocycles. The molecule has 0 fully saturated rings. The summed E-state index contributed by atoms with van der Waals surface area (Å²) in [6.07, 6.45) is 0.713. The van der Waals surface area contributed by atoms with Gasteiger partial charge in [-0.2, -0.15) is 0 Å². The third-order valence-corrected chi connectivity index (χ3v) is 5.38. The molecule has 0 aliphatic rings. The fourth-order valence-corrected chi connectivity index (χ4v) is 3.58. The van der Waals surface area contributed by atoms with Crippen LogP contribution in [0.25, 0.3) is 0 Å². The fourth-order valence-electron chi connectivity index (χ4n) is 2.90. The van der Waals surface area contributed by atoms with Gasteiger partial charge < -0.3 is 9.47 Å². The van der Waals surface area contributed by atoms with E-state index in [0.717, 1.165) is 5.56 Å². The molecule has 0 bridgehead atoms. The Balaban J connectivity index is 1.52. The lowest BCUT2D eigenvalue weighted by Gasteiger charge is -2.14. The van der Waals surface area contributed by atoms with Gasteiger partial charge >= 0.3 is 0 Å². The number of rotatable bonds is 7. The Morgan fingerprint density at radius 1 is 0.909 bits per heavy atom. The van der Waals surface area contributed by atoms with Gasteiger partial charge in [-0.25, -0.2) is 0 Å². The molecule has 3 rings (SSSR count). The molecule has 0 unspecified atom stereocenters. The molecule has 0 aromatic heterocycles. The number of nitrogens with one attached hydrogen (secondary N) is 3. The van der Waals surface area contributed by atoms with E-state index in [1.54, 1.807) is 42.5 Å². The summed E-state index contributed by atoms with van der Waals surface area (Å²) in [6.45, 7) is 0.421. The van der Waals surface area contributed by atoms with Crippen molar-refractivity contribution in [3.63, 3.8) is 0 Å². The van der Waals surface area contributed by atoms with Crippen molar-refractivity contribution < 1.29 is 19.1 Å². The monoisotopic (exact) mass is 527 g/mol. The molecule has 0 aliphatic carbocycles. The van der Waals surface area contributed by atoms with Crippen LogP contribution in [0.2, 0.25) is 0 Å². The number of hydrogen-bond acceptors (Lipinski definition) is 5. The molecule has 0 radical (unpaired) electrons. The summed E-state index contributed by atoms with van der Waals surface area (Å²) in [5, 5.41) is 2.48. The Labute approximate surface area is 205 Å². The molecule has 9 heteroatoms. The number of para-hydroxylation sites is 1. The molecule has 0 spiro atoms. The van der Waals surface area contributed by atoms with Crippen molar-refractivity contribution in [2.75, 3.05) is 13.7 Å². The first-order valence-corrected chi connectivity index (χ1v) is 11.2. The molecule has 0 heterocycles. The van der Waals surface area contributed by atoms with Gasteiger partial charge in [0.2, 0.25) is 0 Å². The lowest BCUT2D eigenvalue weighted by atomic mass is 10.1. The summed E-state index contributed by atoms with van der Waals surface area (Å²) in [4.78, 5) is 25.0. The number of halogens is 1. The van der Waals surface area contributed by atoms with Gasteiger partial charge in [0.1, 0.15) is 11.5 Å². The van der Waals surface area contributed by atoms with Crippen molar-refractivity contribution in [1.29, 1.82) is 0 Å². The van der Waals surface area contributed by atoms with Crippen LogP contribution in [-0.2, 0) is 6.42 Å². The Morgan fingerprint density at radius 3 is 2.36 bits per heavy atom. The van der Waals surface area contributed by atoms with Gasteiger partial charge in [-0.1, -0.05) is 42.5 Å². The molecule has 3 aromatic rings. The quantitative estimate of drug-likeness (QED) is 0.317. The molecule has 0 saturated heterocycles. The number of thiocarbonyl (C=S) groups is 1. The Bertz CT molecular complexity index is 1140. The zero-order chi connectivity index (χ0) is 23.6. The molecule has 170 valence electrons. The van der Waals surface area contributed by atoms with E-state index in [1.165, 1.54) is 7.11 Å². The first kappa shape index (κ1) is 24.2. The van der Waals surface area contributed by atoms with E-state index in [1.807, 2.05) is 30.3 Å². The maximum atomic E-state index is 12.7. The van der Waals surface area contributed by atoms with Gasteiger partial charge in [-0.3, -0.25) is 25.8 Å². The fraction of sp³-hybridized carbons (Fsp3) is 0.125. The van der Waals surface area contributed by atoms with Crippen LogP contribution in [0.1, 0.15) is 26.3 Å². The van der Waals surface area contributed by atoms with Crippen LogP contribution in [0.4, 0.5) is 0 Å². The number of hydrazine groups is 1. The van der Waals surface area contributed by atoms with Crippen molar-refractivity contribution in [3.8, 4) is 11.5 Å². The van der Waals surface area contributed by atoms with Crippen molar-refractivity contribution >= 4 is 45.1 Å². The number of carbonyl (C=O) groups excluding carboxylic acids is 2. The minimum absolute atomic E-state index is 0.0555. The first-order chi connectivity index (χ1) is 16.0. The van der Waals surface area contributed by atoms with E-state index in [0.29, 0.717) is 40.1 Å². The average molecular weight is 528 g/mol. The maximum Gasteiger partial charge on any atom is 0.269 e. The summed E-state index contributed by atoms with van der Waals surface area (Å²) in [7, 11) is 1.54. The Hall–Kier alpha value is -3.43. The third-order valence-electron chi connectivity index (χ3n) is 4.55. The second kappa shape index (κ2) is 12.0. The van der Waals surface area contributed by atoms with E-state index < -0.39 is 11.8 Å². The number of hydrogen-bond donors (Lipinski definition) is 3. The second-order valence-electron chi connectivity index (χ2n) is 6.79. The number of ether oxygens (including phenoxy) is 2. The Morgan fingerprint density at radius 2 is 1.64 bits per heavy atom. The van der Waals surface area contributed by atoms with Gasteiger partial charge in [0.15, 0.2) is 5.11 Å². The second-order valence-corrected chi connectivity index (χ2v) is 8.05. The van der Waals surface area contributed by atoms with Crippen molar-refractivity contribution in [1.82, 2.24) is 16.2 Å². The van der Waals surface area contributed by atoms with Gasteiger partial charge in [0.25, 0.3) is 11.8 Å². The number of carbonyl (C=O) groups is 2. The molecule has 0 aliphatic heterocycles. The zero-order valence-electron chi connectivity index (χ0n) is 17.8. The Kier molecular flexibility index (Phi) is 8.79. The van der Waals surface area contributed by atoms with Gasteiger partial charge in [-0.15, -0.1) is 0 Å². The smallest absolute Gasteiger partial charge is 0.269 e. The number of methoxy groups -OCH3 is 1. The van der Waals surface area contributed by atoms with Crippen LogP contribution in [0.3, 0.4) is 0 Å². The summed E-state index contributed by atoms with van der Waals surface area (Å²) >= 11 is 8.46. The van der Waals surface area contributed by atoms with E-state index in [-0.39, 0.29) is 5.11 Å². The predicted octanol–water partition coefficient (Wildman–Crippen LogP) is 4.03. The summed E-state index contributed by atoms with van der Waals surface area (Å²) in [5.41, 5.74) is 6.83. The number of benzene rings is 3. The molecular weight excluding hydrogens is 506 g/mol. The summed E-state index contributed by atoms with van der Waals surface area (Å²) < 4.78 is 11.6. The van der Waals surface area contributed by atoms with Crippen LogP contribution < -0.4 is 25.6 Å². The van der Waals surface area contributed by atoms with Crippen molar-refractivity contribution in [3.05, 3.63) is 94.0 Å². The van der Waals surface area contributed by atoms with Crippen LogP contribution in [0.5, 0.6) is 11.5 Å². The molecule has 33 heavy (non-hydrogen) atoms. The highest BCUT2D eigenvalue weighted by Crippen LogP contribution is 2.25. The van der Waals surface area contributed by atoms with Gasteiger partial charge in [-0.05, 0) is 64.0 Å². The molecular formula is C24H22BrN3O4S. The first-order valence-electron chi connectivity index (χ1n) is 9.99. The van der Waals surface area contributed by atoms with Crippen LogP contribution in [-0.4, -0.2) is 30.6 Å². The standard InChI is InChI=1S/C24H22BrN3O4S/c1-31-21-12-11-17(15-19(21)25)22(29)27-28-24(33)26-23(30)18-9-5-6-10-20(18)32-14-13-16-7-3-2-4-8-16/h2-12,15H,13-14H2,1H3,(H,27,29)(H2,26,28,30,33). The lowest BCUT2D eigenvalue weighted by Crippen LogP contribution is -2.48. The minimum Gasteiger partial charge on any atom is -0.496 e. The van der Waals surface area contributed by atoms with Crippen LogP contribution in [0, 0.1) is 0 Å². The predicted molar refractivity (Wildman–Crippen MR) is 133 cm³/mol. The van der Waals surface area contributed by atoms with Crippen molar-refractivity contribution in [2.45, 2.75) is 6.42 Å². The third kappa shape index (κ3) is 7.03. The SMILES string of the molecule is COc1ccc(C(=O)NNC(=S)NC(=O)c2ccccc2OCCc2ccccc2)cc1Br. The molecule has 7 nitrogen and oxygen atoms in total. The highest BCUT2D eigenvalue weighted by Gasteiger charge is 2.15. The van der Waals surface area contributed by atoms with Gasteiger partial charge in [0, 0.05) is 12.0 Å². The summed E-state index contributed by atoms with van der Waals surface area (Å²) in [5.74, 6) is 0.164. The minimum atomic E-state index is -0.454. The average Bonchev–Trinajstić information content (AvgIpc) is 2.83. The lowest BCUT2D eigenvalue weighted by molar-refractivity contribution is 0.0933. The topological polar surface area (TPSA) is 88.7 Å². The molecule has 3 aromatic carbocycles.